The summed E-state index contributed by atoms with van der Waals surface area (Å²) in [5.74, 6) is -1.79. The number of carbonyl (C=O) groups is 3. The SMILES string of the molecule is CCOC(=O)[C@]1(CSc2ccccc2)C(=O)c2ccccc2C(=O)[C@H]1c1cccc(OC)c1. The van der Waals surface area contributed by atoms with E-state index in [1.807, 2.05) is 30.3 Å². The fourth-order valence-electron chi connectivity index (χ4n) is 4.30. The van der Waals surface area contributed by atoms with Crippen molar-refractivity contribution < 1.29 is 23.9 Å². The summed E-state index contributed by atoms with van der Waals surface area (Å²) >= 11 is 1.36. The third kappa shape index (κ3) is 4.07. The summed E-state index contributed by atoms with van der Waals surface area (Å²) in [6.45, 7) is 1.80. The van der Waals surface area contributed by atoms with E-state index in [9.17, 15) is 14.4 Å². The maximum atomic E-state index is 14.1. The number of ether oxygens (including phenoxy) is 2. The van der Waals surface area contributed by atoms with Crippen molar-refractivity contribution in [2.75, 3.05) is 19.5 Å². The Bertz CT molecular complexity index is 1190. The van der Waals surface area contributed by atoms with Gasteiger partial charge < -0.3 is 9.47 Å². The van der Waals surface area contributed by atoms with Gasteiger partial charge in [0.25, 0.3) is 0 Å². The highest BCUT2D eigenvalue weighted by atomic mass is 32.2. The molecule has 1 aliphatic carbocycles. The number of rotatable bonds is 7. The largest absolute Gasteiger partial charge is 0.497 e. The topological polar surface area (TPSA) is 69.7 Å². The number of hydrogen-bond donors (Lipinski definition) is 0. The minimum Gasteiger partial charge on any atom is -0.497 e. The molecule has 0 unspecified atom stereocenters. The second-order valence-corrected chi connectivity index (χ2v) is 8.79. The zero-order valence-corrected chi connectivity index (χ0v) is 19.3. The molecule has 0 radical (unpaired) electrons. The van der Waals surface area contributed by atoms with Crippen LogP contribution in [0.2, 0.25) is 0 Å². The molecule has 0 amide bonds. The molecule has 0 N–H and O–H groups in total. The predicted molar refractivity (Wildman–Crippen MR) is 127 cm³/mol. The van der Waals surface area contributed by atoms with Gasteiger partial charge in [0.15, 0.2) is 17.0 Å². The molecule has 0 saturated carbocycles. The Hall–Kier alpha value is -3.38. The van der Waals surface area contributed by atoms with Gasteiger partial charge in [-0.05, 0) is 36.8 Å². The van der Waals surface area contributed by atoms with Crippen LogP contribution < -0.4 is 4.74 Å². The van der Waals surface area contributed by atoms with Crippen LogP contribution in [0, 0.1) is 5.41 Å². The molecule has 0 aromatic heterocycles. The van der Waals surface area contributed by atoms with E-state index in [1.165, 1.54) is 18.9 Å². The van der Waals surface area contributed by atoms with E-state index in [0.717, 1.165) is 4.90 Å². The molecule has 3 aromatic rings. The van der Waals surface area contributed by atoms with Crippen LogP contribution in [0.4, 0.5) is 0 Å². The van der Waals surface area contributed by atoms with Gasteiger partial charge in [0.1, 0.15) is 5.75 Å². The van der Waals surface area contributed by atoms with Gasteiger partial charge in [-0.15, -0.1) is 11.8 Å². The molecule has 0 aliphatic heterocycles. The van der Waals surface area contributed by atoms with Crippen molar-refractivity contribution in [1.29, 1.82) is 0 Å². The number of methoxy groups -OCH3 is 1. The molecule has 5 nitrogen and oxygen atoms in total. The van der Waals surface area contributed by atoms with Crippen molar-refractivity contribution in [3.8, 4) is 5.75 Å². The summed E-state index contributed by atoms with van der Waals surface area (Å²) in [6.07, 6.45) is 0. The molecule has 0 fully saturated rings. The number of benzene rings is 3. The van der Waals surface area contributed by atoms with Gasteiger partial charge in [-0.3, -0.25) is 14.4 Å². The summed E-state index contributed by atoms with van der Waals surface area (Å²) in [5.41, 5.74) is -0.596. The predicted octanol–water partition coefficient (Wildman–Crippen LogP) is 5.20. The second-order valence-electron chi connectivity index (χ2n) is 7.74. The number of hydrogen-bond acceptors (Lipinski definition) is 6. The van der Waals surface area contributed by atoms with E-state index in [-0.39, 0.29) is 23.7 Å². The minimum atomic E-state index is -1.71. The third-order valence-electron chi connectivity index (χ3n) is 5.87. The number of esters is 1. The van der Waals surface area contributed by atoms with Crippen molar-refractivity contribution in [3.05, 3.63) is 95.6 Å². The Morgan fingerprint density at radius 2 is 1.64 bits per heavy atom. The smallest absolute Gasteiger partial charge is 0.321 e. The normalized spacial score (nSPS) is 19.6. The van der Waals surface area contributed by atoms with E-state index in [2.05, 4.69) is 0 Å². The van der Waals surface area contributed by atoms with Gasteiger partial charge >= 0.3 is 5.97 Å². The molecule has 168 valence electrons. The number of fused-ring (bicyclic) bond motifs is 1. The second kappa shape index (κ2) is 9.63. The highest BCUT2D eigenvalue weighted by Gasteiger charge is 2.60. The molecule has 0 bridgehead atoms. The highest BCUT2D eigenvalue weighted by molar-refractivity contribution is 7.99. The van der Waals surface area contributed by atoms with Crippen LogP contribution >= 0.6 is 11.8 Å². The molecule has 0 spiro atoms. The van der Waals surface area contributed by atoms with Gasteiger partial charge in [0, 0.05) is 21.8 Å². The Balaban J connectivity index is 1.94. The Morgan fingerprint density at radius 1 is 0.939 bits per heavy atom. The number of carbonyl (C=O) groups excluding carboxylic acids is 3. The van der Waals surface area contributed by atoms with Crippen LogP contribution in [-0.2, 0) is 9.53 Å². The van der Waals surface area contributed by atoms with Gasteiger partial charge in [-0.1, -0.05) is 54.6 Å². The number of ketones is 2. The molecule has 3 aromatic carbocycles. The first-order valence-electron chi connectivity index (χ1n) is 10.7. The first-order chi connectivity index (χ1) is 16.0. The zero-order chi connectivity index (χ0) is 23.4. The van der Waals surface area contributed by atoms with E-state index < -0.39 is 23.1 Å². The van der Waals surface area contributed by atoms with Crippen LogP contribution in [0.1, 0.15) is 39.1 Å². The molecule has 4 rings (SSSR count). The van der Waals surface area contributed by atoms with Crippen LogP contribution in [0.15, 0.2) is 83.8 Å². The minimum absolute atomic E-state index is 0.0661. The number of Topliss-reactive ketones (excluding diaryl/α,β-unsaturated/α-hetero) is 2. The third-order valence-corrected chi connectivity index (χ3v) is 7.08. The number of thioether (sulfide) groups is 1. The van der Waals surface area contributed by atoms with E-state index in [1.54, 1.807) is 55.5 Å². The molecule has 2 atom stereocenters. The van der Waals surface area contributed by atoms with Crippen molar-refractivity contribution >= 4 is 29.3 Å². The van der Waals surface area contributed by atoms with Gasteiger partial charge in [0.05, 0.1) is 19.6 Å². The standard InChI is InChI=1S/C27H24O5S/c1-3-32-26(30)27(17-33-20-12-5-4-6-13-20)23(18-10-9-11-19(16-18)31-2)24(28)21-14-7-8-15-22(21)25(27)29/h4-16,23H,3,17H2,1-2H3/t23-,27+/m1/s1. The van der Waals surface area contributed by atoms with E-state index in [4.69, 9.17) is 9.47 Å². The molecular formula is C27H24O5S. The van der Waals surface area contributed by atoms with E-state index in [0.29, 0.717) is 16.9 Å². The first-order valence-corrected chi connectivity index (χ1v) is 11.7. The maximum absolute atomic E-state index is 14.1. The van der Waals surface area contributed by atoms with Crippen LogP contribution in [0.5, 0.6) is 5.75 Å². The Labute approximate surface area is 197 Å². The first kappa shape index (κ1) is 22.8. The van der Waals surface area contributed by atoms with Crippen molar-refractivity contribution in [1.82, 2.24) is 0 Å². The lowest BCUT2D eigenvalue weighted by Gasteiger charge is -2.40. The average Bonchev–Trinajstić information content (AvgIpc) is 2.86. The summed E-state index contributed by atoms with van der Waals surface area (Å²) in [7, 11) is 1.53. The molecule has 0 saturated heterocycles. The monoisotopic (exact) mass is 460 g/mol. The van der Waals surface area contributed by atoms with Crippen LogP contribution in [0.25, 0.3) is 0 Å². The summed E-state index contributed by atoms with van der Waals surface area (Å²) in [4.78, 5) is 42.4. The molecule has 6 heteroatoms. The van der Waals surface area contributed by atoms with Crippen molar-refractivity contribution in [2.24, 2.45) is 5.41 Å². The quantitative estimate of drug-likeness (QED) is 0.274. The lowest BCUT2D eigenvalue weighted by atomic mass is 9.61. The van der Waals surface area contributed by atoms with Crippen molar-refractivity contribution in [2.45, 2.75) is 17.7 Å². The van der Waals surface area contributed by atoms with Crippen LogP contribution in [0.3, 0.4) is 0 Å². The highest BCUT2D eigenvalue weighted by Crippen LogP contribution is 2.50. The fourth-order valence-corrected chi connectivity index (χ4v) is 5.46. The summed E-state index contributed by atoms with van der Waals surface area (Å²) in [6, 6.07) is 23.2. The lowest BCUT2D eigenvalue weighted by Crippen LogP contribution is -2.53. The van der Waals surface area contributed by atoms with Gasteiger partial charge in [-0.25, -0.2) is 0 Å². The molecule has 33 heavy (non-hydrogen) atoms. The lowest BCUT2D eigenvalue weighted by molar-refractivity contribution is -0.151. The average molecular weight is 461 g/mol. The van der Waals surface area contributed by atoms with E-state index >= 15 is 0 Å². The molecule has 0 heterocycles. The van der Waals surface area contributed by atoms with Gasteiger partial charge in [-0.2, -0.15) is 0 Å². The summed E-state index contributed by atoms with van der Waals surface area (Å²) < 4.78 is 10.8. The Kier molecular flexibility index (Phi) is 6.65. The van der Waals surface area contributed by atoms with Crippen molar-refractivity contribution in [3.63, 3.8) is 0 Å². The van der Waals surface area contributed by atoms with Crippen LogP contribution in [-0.4, -0.2) is 37.0 Å². The zero-order valence-electron chi connectivity index (χ0n) is 18.4. The summed E-state index contributed by atoms with van der Waals surface area (Å²) in [5, 5.41) is 0. The Morgan fingerprint density at radius 3 is 2.33 bits per heavy atom. The molecular weight excluding hydrogens is 436 g/mol. The fraction of sp³-hybridized carbons (Fsp3) is 0.222. The van der Waals surface area contributed by atoms with Gasteiger partial charge in [0.2, 0.25) is 0 Å². The molecule has 1 aliphatic rings. The maximum Gasteiger partial charge on any atom is 0.321 e.